The van der Waals surface area contributed by atoms with Crippen molar-refractivity contribution in [2.45, 2.75) is 244 Å². The second-order valence-electron chi connectivity index (χ2n) is 19.9. The van der Waals surface area contributed by atoms with E-state index in [1.807, 2.05) is 27.2 Å². The van der Waals surface area contributed by atoms with Crippen molar-refractivity contribution in [2.75, 3.05) is 40.9 Å². The molecule has 0 bridgehead atoms. The molecule has 0 saturated carbocycles. The van der Waals surface area contributed by atoms with Gasteiger partial charge in [-0.2, -0.15) is 0 Å². The van der Waals surface area contributed by atoms with Gasteiger partial charge >= 0.3 is 0 Å². The number of phosphoric acid groups is 1. The fourth-order valence-electron chi connectivity index (χ4n) is 7.74. The number of aliphatic hydroxyl groups is 1. The molecule has 68 heavy (non-hydrogen) atoms. The Kier molecular flexibility index (Phi) is 48.0. The van der Waals surface area contributed by atoms with E-state index in [1.54, 1.807) is 6.08 Å². The number of aliphatic hydroxyl groups excluding tert-OH is 1. The lowest BCUT2D eigenvalue weighted by atomic mass is 10.0. The van der Waals surface area contributed by atoms with Crippen molar-refractivity contribution in [3.8, 4) is 0 Å². The van der Waals surface area contributed by atoms with Gasteiger partial charge in [-0.1, -0.05) is 240 Å². The van der Waals surface area contributed by atoms with Crippen LogP contribution in [0.3, 0.4) is 0 Å². The van der Waals surface area contributed by atoms with Crippen LogP contribution in [0, 0.1) is 0 Å². The molecular weight excluding hydrogens is 864 g/mol. The molecule has 1 amide bonds. The maximum Gasteiger partial charge on any atom is 0.268 e. The summed E-state index contributed by atoms with van der Waals surface area (Å²) in [4.78, 5) is 25.3. The zero-order valence-electron chi connectivity index (χ0n) is 44.8. The van der Waals surface area contributed by atoms with Crippen LogP contribution in [-0.4, -0.2) is 68.5 Å². The van der Waals surface area contributed by atoms with Gasteiger partial charge in [0.2, 0.25) is 5.91 Å². The van der Waals surface area contributed by atoms with Crippen LogP contribution < -0.4 is 10.2 Å². The summed E-state index contributed by atoms with van der Waals surface area (Å²) >= 11 is 0. The predicted molar refractivity (Wildman–Crippen MR) is 293 cm³/mol. The number of amides is 1. The van der Waals surface area contributed by atoms with Crippen molar-refractivity contribution in [1.29, 1.82) is 0 Å². The number of carbonyl (C=O) groups is 1. The molecule has 0 heterocycles. The van der Waals surface area contributed by atoms with Gasteiger partial charge in [0.25, 0.3) is 7.82 Å². The van der Waals surface area contributed by atoms with Gasteiger partial charge in [-0.15, -0.1) is 0 Å². The Morgan fingerprint density at radius 1 is 0.529 bits per heavy atom. The van der Waals surface area contributed by atoms with Crippen LogP contribution in [0.15, 0.2) is 85.1 Å². The van der Waals surface area contributed by atoms with Crippen molar-refractivity contribution >= 4 is 13.7 Å². The molecule has 0 aromatic rings. The molecule has 3 unspecified atom stereocenters. The summed E-state index contributed by atoms with van der Waals surface area (Å²) in [6.07, 6.45) is 69.7. The van der Waals surface area contributed by atoms with E-state index < -0.39 is 20.0 Å². The summed E-state index contributed by atoms with van der Waals surface area (Å²) in [7, 11) is 1.26. The molecule has 394 valence electrons. The molecule has 0 aliphatic carbocycles. The van der Waals surface area contributed by atoms with Crippen LogP contribution in [0.4, 0.5) is 0 Å². The third-order valence-corrected chi connectivity index (χ3v) is 13.1. The second kappa shape index (κ2) is 49.7. The number of nitrogens with one attached hydrogen (secondary N) is 1. The maximum atomic E-state index is 12.9. The van der Waals surface area contributed by atoms with Crippen LogP contribution in [0.2, 0.25) is 0 Å². The zero-order valence-corrected chi connectivity index (χ0v) is 45.7. The molecule has 3 atom stereocenters. The monoisotopic (exact) mass is 971 g/mol. The van der Waals surface area contributed by atoms with E-state index in [-0.39, 0.29) is 19.1 Å². The topological polar surface area (TPSA) is 108 Å². The Morgan fingerprint density at radius 2 is 0.897 bits per heavy atom. The van der Waals surface area contributed by atoms with E-state index >= 15 is 0 Å². The number of quaternary nitrogens is 1. The first-order chi connectivity index (χ1) is 33.0. The minimum Gasteiger partial charge on any atom is -0.756 e. The minimum absolute atomic E-state index is 0.00269. The lowest BCUT2D eigenvalue weighted by molar-refractivity contribution is -0.870. The first-order valence-electron chi connectivity index (χ1n) is 27.9. The fourth-order valence-corrected chi connectivity index (χ4v) is 8.47. The van der Waals surface area contributed by atoms with Gasteiger partial charge in [0.1, 0.15) is 13.2 Å². The Morgan fingerprint density at radius 3 is 1.31 bits per heavy atom. The number of phosphoric ester groups is 1. The van der Waals surface area contributed by atoms with Crippen molar-refractivity contribution < 1.29 is 32.9 Å². The molecule has 0 aliphatic heterocycles. The van der Waals surface area contributed by atoms with Crippen molar-refractivity contribution in [1.82, 2.24) is 5.32 Å². The summed E-state index contributed by atoms with van der Waals surface area (Å²) in [5, 5.41) is 13.8. The molecule has 0 radical (unpaired) electrons. The number of allylic oxidation sites excluding steroid dienone is 13. The number of hydrogen-bond acceptors (Lipinski definition) is 6. The molecule has 0 spiro atoms. The standard InChI is InChI=1S/C59H107N2O6P/c1-6-8-10-12-14-16-17-18-19-20-21-22-23-24-25-26-27-28-29-30-31-32-33-34-35-36-37-38-39-40-41-42-43-45-47-49-51-53-59(63)60-57(56-67-68(64,65)66-55-54-61(3,4)5)58(62)52-50-48-46-44-15-13-11-9-7-2/h8,10,14,16,18-19,21-22,24-25,27-28,50,52,57-58,62H,6-7,9,11-13,15,17,20,23,26,29-49,51,53-56H2,1-5H3,(H-,60,63,64,65)/b10-8-,16-14-,19-18-,22-21-,25-24-,28-27-,52-50+. The van der Waals surface area contributed by atoms with Gasteiger partial charge in [0.15, 0.2) is 0 Å². The molecular formula is C59H107N2O6P. The Balaban J connectivity index is 3.92. The van der Waals surface area contributed by atoms with E-state index in [4.69, 9.17) is 9.05 Å². The molecule has 9 heteroatoms. The lowest BCUT2D eigenvalue weighted by Crippen LogP contribution is -2.45. The third-order valence-electron chi connectivity index (χ3n) is 12.1. The lowest BCUT2D eigenvalue weighted by Gasteiger charge is -2.29. The third kappa shape index (κ3) is 51.5. The quantitative estimate of drug-likeness (QED) is 0.0272. The number of likely N-dealkylation sites (N-methyl/N-ethyl adjacent to an activating group) is 1. The second-order valence-corrected chi connectivity index (χ2v) is 21.3. The average molecular weight is 971 g/mol. The Hall–Kier alpha value is -2.32. The van der Waals surface area contributed by atoms with E-state index in [2.05, 4.69) is 92.1 Å². The SMILES string of the molecule is CC/C=C\C/C=C\C/C=C\C/C=C\C/C=C\C/C=C\CCCCCCCCCCCCCCCCCCCCC(=O)NC(COP(=O)([O-])OCC[N+](C)(C)C)C(O)/C=C/CCCCCCCCC. The number of nitrogens with zero attached hydrogens (tertiary/aromatic N) is 1. The summed E-state index contributed by atoms with van der Waals surface area (Å²) in [5.74, 6) is -0.201. The fraction of sp³-hybridized carbons (Fsp3) is 0.746. The highest BCUT2D eigenvalue weighted by Gasteiger charge is 2.23. The highest BCUT2D eigenvalue weighted by molar-refractivity contribution is 7.45. The first kappa shape index (κ1) is 65.7. The van der Waals surface area contributed by atoms with Crippen molar-refractivity contribution in [2.24, 2.45) is 0 Å². The van der Waals surface area contributed by atoms with Gasteiger partial charge in [0, 0.05) is 6.42 Å². The summed E-state index contributed by atoms with van der Waals surface area (Å²) in [5.41, 5.74) is 0. The molecule has 0 aromatic heterocycles. The number of rotatable bonds is 50. The van der Waals surface area contributed by atoms with Crippen molar-refractivity contribution in [3.05, 3.63) is 85.1 Å². The molecule has 0 aliphatic rings. The predicted octanol–water partition coefficient (Wildman–Crippen LogP) is 16.2. The molecule has 8 nitrogen and oxygen atoms in total. The largest absolute Gasteiger partial charge is 0.756 e. The Bertz CT molecular complexity index is 1380. The van der Waals surface area contributed by atoms with Gasteiger partial charge in [-0.05, 0) is 70.6 Å². The van der Waals surface area contributed by atoms with E-state index in [0.29, 0.717) is 17.4 Å². The molecule has 0 fully saturated rings. The van der Waals surface area contributed by atoms with E-state index in [9.17, 15) is 19.4 Å². The Labute approximate surface area is 420 Å². The normalized spacial score (nSPS) is 14.6. The van der Waals surface area contributed by atoms with Gasteiger partial charge in [-0.3, -0.25) is 9.36 Å². The van der Waals surface area contributed by atoms with E-state index in [1.165, 1.54) is 135 Å². The highest BCUT2D eigenvalue weighted by atomic mass is 31.2. The molecule has 0 rings (SSSR count). The smallest absolute Gasteiger partial charge is 0.268 e. The molecule has 2 N–H and O–H groups in total. The van der Waals surface area contributed by atoms with Gasteiger partial charge < -0.3 is 28.8 Å². The summed E-state index contributed by atoms with van der Waals surface area (Å²) in [6.45, 7) is 4.50. The summed E-state index contributed by atoms with van der Waals surface area (Å²) in [6, 6.07) is -0.886. The van der Waals surface area contributed by atoms with Crippen LogP contribution in [0.1, 0.15) is 232 Å². The molecule has 0 aromatic carbocycles. The zero-order chi connectivity index (χ0) is 49.9. The van der Waals surface area contributed by atoms with E-state index in [0.717, 1.165) is 77.0 Å². The van der Waals surface area contributed by atoms with Crippen LogP contribution >= 0.6 is 7.82 Å². The number of unbranched alkanes of at least 4 members (excludes halogenated alkanes) is 25. The first-order valence-corrected chi connectivity index (χ1v) is 29.4. The van der Waals surface area contributed by atoms with Crippen LogP contribution in [0.25, 0.3) is 0 Å². The van der Waals surface area contributed by atoms with Crippen LogP contribution in [-0.2, 0) is 18.4 Å². The minimum atomic E-state index is -4.59. The number of carbonyl (C=O) groups excluding carboxylic acids is 1. The number of hydrogen-bond donors (Lipinski definition) is 2. The molecule has 0 saturated heterocycles. The van der Waals surface area contributed by atoms with Crippen LogP contribution in [0.5, 0.6) is 0 Å². The summed E-state index contributed by atoms with van der Waals surface area (Å²) < 4.78 is 23.2. The maximum absolute atomic E-state index is 12.9. The highest BCUT2D eigenvalue weighted by Crippen LogP contribution is 2.38. The van der Waals surface area contributed by atoms with Gasteiger partial charge in [-0.25, -0.2) is 0 Å². The van der Waals surface area contributed by atoms with Crippen molar-refractivity contribution in [3.63, 3.8) is 0 Å². The van der Waals surface area contributed by atoms with Gasteiger partial charge in [0.05, 0.1) is 39.9 Å². The average Bonchev–Trinajstić information content (AvgIpc) is 3.30.